The average Bonchev–Trinajstić information content (AvgIpc) is 3.22. The Hall–Kier alpha value is -4.79. The Balaban J connectivity index is 1.66. The first-order valence-corrected chi connectivity index (χ1v) is 12.5. The number of amides is 1. The highest BCUT2D eigenvalue weighted by Crippen LogP contribution is 2.43. The summed E-state index contributed by atoms with van der Waals surface area (Å²) in [6.45, 7) is 1.24. The number of fused-ring (bicyclic) bond motifs is 1. The number of carbonyl (C=O) groups is 3. The third-order valence-corrected chi connectivity index (χ3v) is 7.06. The normalized spacial score (nSPS) is 18.0. The SMILES string of the molecule is COC(=O)c1ccc(N2C(=O)C(=O)/C(=C(\O)c3ccc4c(c3)N(C)CCO4)C2c2ccc(N(C)C)cc2)cc1. The van der Waals surface area contributed by atoms with E-state index in [1.54, 1.807) is 30.3 Å². The third-order valence-electron chi connectivity index (χ3n) is 7.06. The Morgan fingerprint density at radius 1 is 1.00 bits per heavy atom. The van der Waals surface area contributed by atoms with Gasteiger partial charge in [-0.25, -0.2) is 4.79 Å². The molecule has 0 aromatic heterocycles. The lowest BCUT2D eigenvalue weighted by Crippen LogP contribution is -2.29. The van der Waals surface area contributed by atoms with Gasteiger partial charge in [0.15, 0.2) is 0 Å². The van der Waals surface area contributed by atoms with Gasteiger partial charge in [-0.15, -0.1) is 0 Å². The molecule has 9 nitrogen and oxygen atoms in total. The number of anilines is 3. The number of nitrogens with zero attached hydrogens (tertiary/aromatic N) is 3. The summed E-state index contributed by atoms with van der Waals surface area (Å²) in [5.41, 5.74) is 3.47. The molecule has 1 fully saturated rings. The molecule has 0 aliphatic carbocycles. The fourth-order valence-electron chi connectivity index (χ4n) is 4.90. The standard InChI is InChI=1S/C30H29N3O6/c1-31(2)21-10-5-18(6-11-21)26-25(27(34)20-9-14-24-23(17-20)32(3)15-16-39-24)28(35)29(36)33(26)22-12-7-19(8-13-22)30(37)38-4/h5-14,17,26,34H,15-16H2,1-4H3/b27-25-. The van der Waals surface area contributed by atoms with Crippen LogP contribution in [0.25, 0.3) is 5.76 Å². The van der Waals surface area contributed by atoms with Gasteiger partial charge in [0, 0.05) is 38.1 Å². The van der Waals surface area contributed by atoms with Crippen molar-refractivity contribution in [3.63, 3.8) is 0 Å². The first kappa shape index (κ1) is 25.8. The number of benzene rings is 3. The second kappa shape index (κ2) is 10.2. The van der Waals surface area contributed by atoms with E-state index in [-0.39, 0.29) is 11.3 Å². The average molecular weight is 528 g/mol. The van der Waals surface area contributed by atoms with Gasteiger partial charge in [0.2, 0.25) is 0 Å². The smallest absolute Gasteiger partial charge is 0.337 e. The van der Waals surface area contributed by atoms with Crippen LogP contribution < -0.4 is 19.4 Å². The number of rotatable bonds is 5. The third kappa shape index (κ3) is 4.56. The Kier molecular flexibility index (Phi) is 6.74. The molecule has 5 rings (SSSR count). The molecule has 3 aromatic carbocycles. The fraction of sp³-hybridized carbons (Fsp3) is 0.233. The van der Waals surface area contributed by atoms with Crippen molar-refractivity contribution in [3.05, 3.63) is 89.0 Å². The van der Waals surface area contributed by atoms with E-state index in [1.165, 1.54) is 24.1 Å². The number of hydrogen-bond donors (Lipinski definition) is 1. The zero-order valence-corrected chi connectivity index (χ0v) is 22.2. The number of carbonyl (C=O) groups excluding carboxylic acids is 3. The molecule has 1 unspecified atom stereocenters. The van der Waals surface area contributed by atoms with E-state index < -0.39 is 23.7 Å². The summed E-state index contributed by atoms with van der Waals surface area (Å²) in [4.78, 5) is 44.2. The summed E-state index contributed by atoms with van der Waals surface area (Å²) in [7, 11) is 7.05. The number of aliphatic hydroxyl groups excluding tert-OH is 1. The largest absolute Gasteiger partial charge is 0.507 e. The maximum absolute atomic E-state index is 13.5. The fourth-order valence-corrected chi connectivity index (χ4v) is 4.90. The molecule has 3 aromatic rings. The molecule has 0 spiro atoms. The molecule has 2 heterocycles. The van der Waals surface area contributed by atoms with E-state index in [4.69, 9.17) is 9.47 Å². The lowest BCUT2D eigenvalue weighted by atomic mass is 9.94. The second-order valence-electron chi connectivity index (χ2n) is 9.65. The number of methoxy groups -OCH3 is 1. The van der Waals surface area contributed by atoms with Gasteiger partial charge in [0.1, 0.15) is 18.1 Å². The topological polar surface area (TPSA) is 99.6 Å². The van der Waals surface area contributed by atoms with Crippen molar-refractivity contribution in [2.45, 2.75) is 6.04 Å². The van der Waals surface area contributed by atoms with Crippen LogP contribution in [0.2, 0.25) is 0 Å². The zero-order chi connectivity index (χ0) is 27.8. The highest BCUT2D eigenvalue weighted by molar-refractivity contribution is 6.51. The summed E-state index contributed by atoms with van der Waals surface area (Å²) in [6, 6.07) is 18.0. The molecule has 2 aliphatic rings. The summed E-state index contributed by atoms with van der Waals surface area (Å²) in [5.74, 6) is -1.68. The number of esters is 1. The van der Waals surface area contributed by atoms with Crippen molar-refractivity contribution in [1.82, 2.24) is 0 Å². The molecule has 1 atom stereocenters. The van der Waals surface area contributed by atoms with Crippen LogP contribution in [-0.2, 0) is 14.3 Å². The minimum Gasteiger partial charge on any atom is -0.507 e. The van der Waals surface area contributed by atoms with Gasteiger partial charge in [0.25, 0.3) is 11.7 Å². The summed E-state index contributed by atoms with van der Waals surface area (Å²) in [6.07, 6.45) is 0. The van der Waals surface area contributed by atoms with Crippen molar-refractivity contribution >= 4 is 40.5 Å². The lowest BCUT2D eigenvalue weighted by Gasteiger charge is -2.28. The predicted octanol–water partition coefficient (Wildman–Crippen LogP) is 3.99. The second-order valence-corrected chi connectivity index (χ2v) is 9.65. The monoisotopic (exact) mass is 527 g/mol. The van der Waals surface area contributed by atoms with Crippen LogP contribution in [0.5, 0.6) is 5.75 Å². The Bertz CT molecular complexity index is 1480. The molecular formula is C30H29N3O6. The van der Waals surface area contributed by atoms with E-state index in [0.717, 1.165) is 11.4 Å². The highest BCUT2D eigenvalue weighted by Gasteiger charge is 2.47. The van der Waals surface area contributed by atoms with E-state index in [1.807, 2.05) is 55.2 Å². The van der Waals surface area contributed by atoms with Crippen molar-refractivity contribution in [2.24, 2.45) is 0 Å². The summed E-state index contributed by atoms with van der Waals surface area (Å²) >= 11 is 0. The lowest BCUT2D eigenvalue weighted by molar-refractivity contribution is -0.132. The van der Waals surface area contributed by atoms with Crippen LogP contribution in [0.1, 0.15) is 27.5 Å². The van der Waals surface area contributed by atoms with Gasteiger partial charge in [0.05, 0.1) is 36.5 Å². The number of ketones is 1. The molecule has 1 amide bonds. The van der Waals surface area contributed by atoms with Crippen LogP contribution >= 0.6 is 0 Å². The maximum atomic E-state index is 13.5. The number of Topliss-reactive ketones (excluding diaryl/α,β-unsaturated/α-hetero) is 1. The van der Waals surface area contributed by atoms with Crippen LogP contribution in [0.15, 0.2) is 72.3 Å². The van der Waals surface area contributed by atoms with E-state index in [2.05, 4.69) is 0 Å². The Labute approximate surface area is 226 Å². The van der Waals surface area contributed by atoms with E-state index in [9.17, 15) is 19.5 Å². The number of hydrogen-bond acceptors (Lipinski definition) is 8. The van der Waals surface area contributed by atoms with Crippen molar-refractivity contribution in [3.8, 4) is 5.75 Å². The van der Waals surface area contributed by atoms with Gasteiger partial charge >= 0.3 is 5.97 Å². The molecule has 1 N–H and O–H groups in total. The first-order chi connectivity index (χ1) is 18.7. The maximum Gasteiger partial charge on any atom is 0.337 e. The van der Waals surface area contributed by atoms with Gasteiger partial charge in [-0.2, -0.15) is 0 Å². The first-order valence-electron chi connectivity index (χ1n) is 12.5. The molecule has 1 saturated heterocycles. The van der Waals surface area contributed by atoms with Crippen LogP contribution in [-0.4, -0.2) is 64.2 Å². The Morgan fingerprint density at radius 3 is 2.31 bits per heavy atom. The molecule has 0 saturated carbocycles. The van der Waals surface area contributed by atoms with Gasteiger partial charge in [-0.05, 0) is 60.2 Å². The molecular weight excluding hydrogens is 498 g/mol. The summed E-state index contributed by atoms with van der Waals surface area (Å²) < 4.78 is 10.5. The molecule has 9 heteroatoms. The molecule has 0 bridgehead atoms. The number of likely N-dealkylation sites (N-methyl/N-ethyl adjacent to an activating group) is 1. The van der Waals surface area contributed by atoms with Gasteiger partial charge in [-0.1, -0.05) is 12.1 Å². The highest BCUT2D eigenvalue weighted by atomic mass is 16.5. The molecule has 200 valence electrons. The van der Waals surface area contributed by atoms with Gasteiger partial charge < -0.3 is 24.4 Å². The van der Waals surface area contributed by atoms with Crippen molar-refractivity contribution < 1.29 is 29.0 Å². The molecule has 2 aliphatic heterocycles. The van der Waals surface area contributed by atoms with Crippen LogP contribution in [0.4, 0.5) is 17.1 Å². The number of aliphatic hydroxyl groups is 1. The van der Waals surface area contributed by atoms with Gasteiger partial charge in [-0.3, -0.25) is 14.5 Å². The van der Waals surface area contributed by atoms with Crippen molar-refractivity contribution in [1.29, 1.82) is 0 Å². The Morgan fingerprint density at radius 2 is 1.67 bits per heavy atom. The summed E-state index contributed by atoms with van der Waals surface area (Å²) in [5, 5.41) is 11.5. The molecule has 0 radical (unpaired) electrons. The minimum absolute atomic E-state index is 0.0195. The zero-order valence-electron chi connectivity index (χ0n) is 22.2. The predicted molar refractivity (Wildman–Crippen MR) is 149 cm³/mol. The van der Waals surface area contributed by atoms with Crippen LogP contribution in [0, 0.1) is 0 Å². The van der Waals surface area contributed by atoms with E-state index >= 15 is 0 Å². The number of ether oxygens (including phenoxy) is 2. The molecule has 39 heavy (non-hydrogen) atoms. The van der Waals surface area contributed by atoms with Crippen LogP contribution in [0.3, 0.4) is 0 Å². The van der Waals surface area contributed by atoms with Crippen molar-refractivity contribution in [2.75, 3.05) is 56.1 Å². The minimum atomic E-state index is -0.893. The van der Waals surface area contributed by atoms with E-state index in [0.29, 0.717) is 41.3 Å². The quantitative estimate of drug-likeness (QED) is 0.230.